The molecule has 0 atom stereocenters. The smallest absolute Gasteiger partial charge is 0.250 e. The van der Waals surface area contributed by atoms with E-state index in [1.807, 2.05) is 0 Å². The molecule has 0 spiro atoms. The second kappa shape index (κ2) is 9.36. The third kappa shape index (κ3) is 5.92. The molecule has 0 aliphatic carbocycles. The van der Waals surface area contributed by atoms with Gasteiger partial charge in [0.2, 0.25) is 11.8 Å². The molecule has 7 nitrogen and oxygen atoms in total. The number of likely N-dealkylation sites (N-methyl/N-ethyl adjacent to an activating group) is 1. The van der Waals surface area contributed by atoms with E-state index in [9.17, 15) is 9.59 Å². The zero-order valence-electron chi connectivity index (χ0n) is 14.4. The van der Waals surface area contributed by atoms with E-state index in [1.165, 1.54) is 7.11 Å². The van der Waals surface area contributed by atoms with E-state index in [-0.39, 0.29) is 18.4 Å². The SMILES string of the molecule is CCN1CCN(CC(=O)Nc2ccc(NC(=O)COC)cc2)CC1. The van der Waals surface area contributed by atoms with Gasteiger partial charge in [-0.1, -0.05) is 6.92 Å². The summed E-state index contributed by atoms with van der Waals surface area (Å²) in [6, 6.07) is 7.05. The van der Waals surface area contributed by atoms with Crippen LogP contribution in [0.3, 0.4) is 0 Å². The van der Waals surface area contributed by atoms with Crippen molar-refractivity contribution < 1.29 is 14.3 Å². The Labute approximate surface area is 142 Å². The summed E-state index contributed by atoms with van der Waals surface area (Å²) in [6.07, 6.45) is 0. The molecule has 1 aromatic rings. The highest BCUT2D eigenvalue weighted by Gasteiger charge is 2.17. The summed E-state index contributed by atoms with van der Waals surface area (Å²) in [4.78, 5) is 28.1. The predicted octanol–water partition coefficient (Wildman–Crippen LogP) is 0.848. The van der Waals surface area contributed by atoms with E-state index in [2.05, 4.69) is 27.4 Å². The Hall–Kier alpha value is -1.96. The number of benzene rings is 1. The lowest BCUT2D eigenvalue weighted by Crippen LogP contribution is -2.48. The molecular weight excluding hydrogens is 308 g/mol. The van der Waals surface area contributed by atoms with Crippen molar-refractivity contribution in [3.63, 3.8) is 0 Å². The van der Waals surface area contributed by atoms with E-state index < -0.39 is 0 Å². The highest BCUT2D eigenvalue weighted by Crippen LogP contribution is 2.13. The number of ether oxygens (including phenoxy) is 1. The van der Waals surface area contributed by atoms with Crippen molar-refractivity contribution in [3.05, 3.63) is 24.3 Å². The van der Waals surface area contributed by atoms with Gasteiger partial charge in [0.15, 0.2) is 0 Å². The van der Waals surface area contributed by atoms with Crippen LogP contribution in [0, 0.1) is 0 Å². The van der Waals surface area contributed by atoms with E-state index in [4.69, 9.17) is 4.74 Å². The third-order valence-corrected chi connectivity index (χ3v) is 4.01. The first-order valence-corrected chi connectivity index (χ1v) is 8.24. The Morgan fingerprint density at radius 3 is 1.96 bits per heavy atom. The van der Waals surface area contributed by atoms with Crippen LogP contribution in [0.4, 0.5) is 11.4 Å². The van der Waals surface area contributed by atoms with Gasteiger partial charge in [-0.3, -0.25) is 14.5 Å². The summed E-state index contributed by atoms with van der Waals surface area (Å²) in [5.74, 6) is -0.225. The molecular formula is C17H26N4O3. The molecule has 0 bridgehead atoms. The third-order valence-electron chi connectivity index (χ3n) is 4.01. The fourth-order valence-electron chi connectivity index (χ4n) is 2.63. The van der Waals surface area contributed by atoms with Gasteiger partial charge in [0.25, 0.3) is 0 Å². The zero-order chi connectivity index (χ0) is 17.4. The predicted molar refractivity (Wildman–Crippen MR) is 94.1 cm³/mol. The molecule has 0 radical (unpaired) electrons. The second-order valence-corrected chi connectivity index (χ2v) is 5.82. The molecule has 2 rings (SSSR count). The first kappa shape index (κ1) is 18.4. The standard InChI is InChI=1S/C17H26N4O3/c1-3-20-8-10-21(11-9-20)12-16(22)18-14-4-6-15(7-5-14)19-17(23)13-24-2/h4-7H,3,8-13H2,1-2H3,(H,18,22)(H,19,23). The highest BCUT2D eigenvalue weighted by molar-refractivity contribution is 5.94. The number of rotatable bonds is 7. The van der Waals surface area contributed by atoms with Crippen LogP contribution in [0.15, 0.2) is 24.3 Å². The first-order chi connectivity index (χ1) is 11.6. The number of carbonyl (C=O) groups is 2. The van der Waals surface area contributed by atoms with E-state index >= 15 is 0 Å². The fraction of sp³-hybridized carbons (Fsp3) is 0.529. The minimum Gasteiger partial charge on any atom is -0.375 e. The normalized spacial score (nSPS) is 15.9. The molecule has 132 valence electrons. The van der Waals surface area contributed by atoms with Crippen molar-refractivity contribution in [2.45, 2.75) is 6.92 Å². The van der Waals surface area contributed by atoms with Crippen LogP contribution in [-0.4, -0.2) is 74.6 Å². The molecule has 1 aliphatic rings. The first-order valence-electron chi connectivity index (χ1n) is 8.24. The molecule has 1 heterocycles. The monoisotopic (exact) mass is 334 g/mol. The zero-order valence-corrected chi connectivity index (χ0v) is 14.4. The number of hydrogen-bond acceptors (Lipinski definition) is 5. The Kier molecular flexibility index (Phi) is 7.17. The number of carbonyl (C=O) groups excluding carboxylic acids is 2. The van der Waals surface area contributed by atoms with Crippen molar-refractivity contribution in [2.75, 3.05) is 63.6 Å². The number of anilines is 2. The maximum atomic E-state index is 12.1. The highest BCUT2D eigenvalue weighted by atomic mass is 16.5. The molecule has 2 amide bonds. The number of nitrogens with zero attached hydrogens (tertiary/aromatic N) is 2. The van der Waals surface area contributed by atoms with Gasteiger partial charge in [-0.2, -0.15) is 0 Å². The average molecular weight is 334 g/mol. The van der Waals surface area contributed by atoms with Gasteiger partial charge in [-0.15, -0.1) is 0 Å². The molecule has 1 fully saturated rings. The van der Waals surface area contributed by atoms with Crippen LogP contribution < -0.4 is 10.6 Å². The summed E-state index contributed by atoms with van der Waals surface area (Å²) < 4.78 is 4.76. The van der Waals surface area contributed by atoms with Crippen molar-refractivity contribution in [2.24, 2.45) is 0 Å². The van der Waals surface area contributed by atoms with E-state index in [1.54, 1.807) is 24.3 Å². The molecule has 1 aliphatic heterocycles. The van der Waals surface area contributed by atoms with Crippen LogP contribution in [0.1, 0.15) is 6.92 Å². The van der Waals surface area contributed by atoms with Gasteiger partial charge in [-0.25, -0.2) is 0 Å². The van der Waals surface area contributed by atoms with Crippen LogP contribution in [-0.2, 0) is 14.3 Å². The molecule has 1 saturated heterocycles. The number of methoxy groups -OCH3 is 1. The lowest BCUT2D eigenvalue weighted by molar-refractivity contribution is -0.119. The Morgan fingerprint density at radius 1 is 0.958 bits per heavy atom. The Morgan fingerprint density at radius 2 is 1.46 bits per heavy atom. The Balaban J connectivity index is 1.76. The molecule has 0 aromatic heterocycles. The number of amides is 2. The lowest BCUT2D eigenvalue weighted by atomic mass is 10.2. The summed E-state index contributed by atoms with van der Waals surface area (Å²) in [7, 11) is 1.47. The van der Waals surface area contributed by atoms with Crippen molar-refractivity contribution in [3.8, 4) is 0 Å². The molecule has 1 aromatic carbocycles. The van der Waals surface area contributed by atoms with Gasteiger partial charge in [-0.05, 0) is 30.8 Å². The van der Waals surface area contributed by atoms with E-state index in [0.29, 0.717) is 12.2 Å². The largest absolute Gasteiger partial charge is 0.375 e. The second-order valence-electron chi connectivity index (χ2n) is 5.82. The van der Waals surface area contributed by atoms with Crippen LogP contribution in [0.5, 0.6) is 0 Å². The lowest BCUT2D eigenvalue weighted by Gasteiger charge is -2.33. The van der Waals surface area contributed by atoms with Gasteiger partial charge in [0.05, 0.1) is 6.54 Å². The summed E-state index contributed by atoms with van der Waals surface area (Å²) in [6.45, 7) is 7.52. The molecule has 7 heteroatoms. The number of hydrogen-bond donors (Lipinski definition) is 2. The van der Waals surface area contributed by atoms with Gasteiger partial charge < -0.3 is 20.3 Å². The quantitative estimate of drug-likeness (QED) is 0.773. The van der Waals surface area contributed by atoms with Crippen molar-refractivity contribution in [1.29, 1.82) is 0 Å². The van der Waals surface area contributed by atoms with Gasteiger partial charge >= 0.3 is 0 Å². The minimum atomic E-state index is -0.208. The molecule has 24 heavy (non-hydrogen) atoms. The summed E-state index contributed by atoms with van der Waals surface area (Å²) >= 11 is 0. The van der Waals surface area contributed by atoms with Crippen molar-refractivity contribution >= 4 is 23.2 Å². The van der Waals surface area contributed by atoms with Crippen molar-refractivity contribution in [1.82, 2.24) is 9.80 Å². The average Bonchev–Trinajstić information content (AvgIpc) is 2.57. The number of piperazine rings is 1. The van der Waals surface area contributed by atoms with Gasteiger partial charge in [0.1, 0.15) is 6.61 Å². The van der Waals surface area contributed by atoms with Crippen LogP contribution in [0.25, 0.3) is 0 Å². The van der Waals surface area contributed by atoms with Crippen LogP contribution in [0.2, 0.25) is 0 Å². The van der Waals surface area contributed by atoms with Crippen LogP contribution >= 0.6 is 0 Å². The van der Waals surface area contributed by atoms with E-state index in [0.717, 1.165) is 38.4 Å². The molecule has 0 unspecified atom stereocenters. The summed E-state index contributed by atoms with van der Waals surface area (Å²) in [5, 5.41) is 5.60. The molecule has 0 saturated carbocycles. The van der Waals surface area contributed by atoms with Gasteiger partial charge in [0, 0.05) is 44.7 Å². The molecule has 2 N–H and O–H groups in total. The topological polar surface area (TPSA) is 73.9 Å². The maximum absolute atomic E-state index is 12.1. The fourth-order valence-corrected chi connectivity index (χ4v) is 2.63. The maximum Gasteiger partial charge on any atom is 0.250 e. The minimum absolute atomic E-state index is 0.0175. The number of nitrogens with one attached hydrogen (secondary N) is 2. The Bertz CT molecular complexity index is 539. The summed E-state index contributed by atoms with van der Waals surface area (Å²) in [5.41, 5.74) is 1.39.